The van der Waals surface area contributed by atoms with Crippen LogP contribution in [0.3, 0.4) is 0 Å². The van der Waals surface area contributed by atoms with Crippen molar-refractivity contribution in [3.63, 3.8) is 0 Å². The molecule has 10 atom stereocenters. The highest BCUT2D eigenvalue weighted by molar-refractivity contribution is 5.18. The van der Waals surface area contributed by atoms with Crippen LogP contribution in [0.5, 0.6) is 0 Å². The smallest absolute Gasteiger partial charge is 0.0574 e. The summed E-state index contributed by atoms with van der Waals surface area (Å²) in [4.78, 5) is 0. The maximum absolute atomic E-state index is 11.2. The van der Waals surface area contributed by atoms with Crippen LogP contribution >= 0.6 is 0 Å². The summed E-state index contributed by atoms with van der Waals surface area (Å²) >= 11 is 0. The van der Waals surface area contributed by atoms with Crippen molar-refractivity contribution in [1.82, 2.24) is 0 Å². The quantitative estimate of drug-likeness (QED) is 0.414. The normalized spacial score (nSPS) is 43.9. The molecule has 1 N–H and O–H groups in total. The first-order valence-electron chi connectivity index (χ1n) is 15.5. The van der Waals surface area contributed by atoms with E-state index in [1.54, 1.807) is 0 Å². The molecule has 1 heteroatoms. The Morgan fingerprint density at radius 2 is 1.49 bits per heavy atom. The van der Waals surface area contributed by atoms with E-state index in [9.17, 15) is 5.11 Å². The molecule has 4 fully saturated rings. The van der Waals surface area contributed by atoms with Crippen LogP contribution in [0.15, 0.2) is 30.3 Å². The van der Waals surface area contributed by atoms with Crippen molar-refractivity contribution >= 4 is 0 Å². The van der Waals surface area contributed by atoms with Crippen molar-refractivity contribution < 1.29 is 5.11 Å². The maximum Gasteiger partial charge on any atom is 0.0574 e. The molecule has 0 aliphatic heterocycles. The number of hydrogen-bond acceptors (Lipinski definition) is 1. The molecule has 0 aromatic heterocycles. The molecule has 1 nitrogen and oxygen atoms in total. The molecule has 4 saturated carbocycles. The summed E-state index contributed by atoms with van der Waals surface area (Å²) < 4.78 is 0. The molecule has 0 amide bonds. The molecule has 1 unspecified atom stereocenters. The fourth-order valence-electron chi connectivity index (χ4n) is 10.7. The first-order valence-corrected chi connectivity index (χ1v) is 15.5. The fraction of sp³-hybridized carbons (Fsp3) is 0.824. The van der Waals surface area contributed by atoms with E-state index in [2.05, 4.69) is 65.0 Å². The zero-order valence-electron chi connectivity index (χ0n) is 23.5. The van der Waals surface area contributed by atoms with Crippen molar-refractivity contribution in [2.24, 2.45) is 58.2 Å². The molecule has 4 aliphatic carbocycles. The third-order valence-electron chi connectivity index (χ3n) is 12.4. The van der Waals surface area contributed by atoms with Crippen LogP contribution in [0.1, 0.15) is 111 Å². The predicted octanol–water partition coefficient (Wildman–Crippen LogP) is 8.94. The molecule has 1 aromatic rings. The van der Waals surface area contributed by atoms with Gasteiger partial charge in [0.1, 0.15) is 0 Å². The number of hydrogen-bond donors (Lipinski definition) is 1. The number of benzene rings is 1. The highest BCUT2D eigenvalue weighted by atomic mass is 16.3. The molecule has 35 heavy (non-hydrogen) atoms. The summed E-state index contributed by atoms with van der Waals surface area (Å²) in [5.74, 6) is 6.62. The van der Waals surface area contributed by atoms with E-state index >= 15 is 0 Å². The molecule has 0 bridgehead atoms. The van der Waals surface area contributed by atoms with Crippen LogP contribution < -0.4 is 0 Å². The molecule has 1 aromatic carbocycles. The standard InChI is InChI=1S/C34H54O/c1-23(2)10-9-11-24(3)28-16-17-29-26-14-15-30-27(22-25-12-7-6-8-13-25)32(35)19-21-34(30,5)31(26)18-20-33(28,29)4/h6-8,12-13,23-24,26-32,35H,9-11,14-22H2,1-5H3/t24-,26+,27+,28-,29+,30?,31+,32+,33-,34+/m1/s1. The number of rotatable bonds is 7. The Kier molecular flexibility index (Phi) is 7.49. The van der Waals surface area contributed by atoms with Gasteiger partial charge in [0.25, 0.3) is 0 Å². The van der Waals surface area contributed by atoms with E-state index in [-0.39, 0.29) is 6.10 Å². The van der Waals surface area contributed by atoms with Crippen molar-refractivity contribution in [3.8, 4) is 0 Å². The van der Waals surface area contributed by atoms with Crippen LogP contribution in [0.4, 0.5) is 0 Å². The van der Waals surface area contributed by atoms with Crippen LogP contribution in [-0.2, 0) is 6.42 Å². The molecular weight excluding hydrogens is 424 g/mol. The van der Waals surface area contributed by atoms with Gasteiger partial charge in [-0.15, -0.1) is 0 Å². The highest BCUT2D eigenvalue weighted by Crippen LogP contribution is 2.69. The van der Waals surface area contributed by atoms with Crippen LogP contribution in [0, 0.1) is 58.2 Å². The molecular formula is C34H54O. The van der Waals surface area contributed by atoms with Gasteiger partial charge < -0.3 is 5.11 Å². The van der Waals surface area contributed by atoms with Crippen molar-refractivity contribution in [3.05, 3.63) is 35.9 Å². The Labute approximate surface area is 216 Å². The molecule has 0 saturated heterocycles. The second-order valence-corrected chi connectivity index (χ2v) is 14.6. The monoisotopic (exact) mass is 478 g/mol. The number of aliphatic hydroxyl groups is 1. The molecule has 4 aliphatic rings. The lowest BCUT2D eigenvalue weighted by molar-refractivity contribution is -0.152. The summed E-state index contributed by atoms with van der Waals surface area (Å²) in [6.07, 6.45) is 16.2. The fourth-order valence-corrected chi connectivity index (χ4v) is 10.7. The minimum Gasteiger partial charge on any atom is -0.393 e. The van der Waals surface area contributed by atoms with Crippen molar-refractivity contribution in [1.29, 1.82) is 0 Å². The zero-order valence-corrected chi connectivity index (χ0v) is 23.5. The minimum atomic E-state index is -0.110. The summed E-state index contributed by atoms with van der Waals surface area (Å²) in [5.41, 5.74) is 2.44. The lowest BCUT2D eigenvalue weighted by atomic mass is 9.42. The van der Waals surface area contributed by atoms with Gasteiger partial charge in [0.15, 0.2) is 0 Å². The Bertz CT molecular complexity index is 830. The Hall–Kier alpha value is -0.820. The van der Waals surface area contributed by atoms with Gasteiger partial charge in [-0.2, -0.15) is 0 Å². The summed E-state index contributed by atoms with van der Waals surface area (Å²) in [5, 5.41) is 11.2. The SMILES string of the molecule is CC(C)CCC[C@@H](C)[C@H]1CC[C@H]2[C@@H]3CCC4[C@H](Cc5ccccc5)[C@@H](O)CC[C@]4(C)[C@H]3CC[C@]12C. The Morgan fingerprint density at radius 3 is 2.23 bits per heavy atom. The van der Waals surface area contributed by atoms with E-state index in [1.807, 2.05) is 0 Å². The number of fused-ring (bicyclic) bond motifs is 5. The van der Waals surface area contributed by atoms with E-state index in [4.69, 9.17) is 0 Å². The lowest BCUT2D eigenvalue weighted by Crippen LogP contribution is -2.57. The van der Waals surface area contributed by atoms with Gasteiger partial charge in [-0.3, -0.25) is 0 Å². The van der Waals surface area contributed by atoms with Gasteiger partial charge in [0.2, 0.25) is 0 Å². The summed E-state index contributed by atoms with van der Waals surface area (Å²) in [7, 11) is 0. The average Bonchev–Trinajstić information content (AvgIpc) is 3.19. The molecule has 0 spiro atoms. The van der Waals surface area contributed by atoms with Gasteiger partial charge >= 0.3 is 0 Å². The lowest BCUT2D eigenvalue weighted by Gasteiger charge is -2.63. The topological polar surface area (TPSA) is 20.2 Å². The maximum atomic E-state index is 11.2. The third kappa shape index (κ3) is 4.66. The van der Waals surface area contributed by atoms with Crippen LogP contribution in [-0.4, -0.2) is 11.2 Å². The van der Waals surface area contributed by atoms with E-state index in [0.717, 1.165) is 48.3 Å². The number of aliphatic hydroxyl groups excluding tert-OH is 1. The molecule has 0 radical (unpaired) electrons. The average molecular weight is 479 g/mol. The third-order valence-corrected chi connectivity index (χ3v) is 12.4. The van der Waals surface area contributed by atoms with Crippen molar-refractivity contribution in [2.45, 2.75) is 118 Å². The largest absolute Gasteiger partial charge is 0.393 e. The Balaban J connectivity index is 1.31. The van der Waals surface area contributed by atoms with Gasteiger partial charge in [0.05, 0.1) is 6.10 Å². The predicted molar refractivity (Wildman–Crippen MR) is 148 cm³/mol. The van der Waals surface area contributed by atoms with E-state index in [1.165, 1.54) is 69.8 Å². The molecule has 196 valence electrons. The van der Waals surface area contributed by atoms with E-state index < -0.39 is 0 Å². The first-order chi connectivity index (χ1) is 16.7. The van der Waals surface area contributed by atoms with Gasteiger partial charge in [-0.25, -0.2) is 0 Å². The minimum absolute atomic E-state index is 0.110. The van der Waals surface area contributed by atoms with Gasteiger partial charge in [0, 0.05) is 0 Å². The second kappa shape index (κ2) is 10.2. The van der Waals surface area contributed by atoms with Crippen LogP contribution in [0.2, 0.25) is 0 Å². The second-order valence-electron chi connectivity index (χ2n) is 14.6. The first kappa shape index (κ1) is 25.8. The summed E-state index contributed by atoms with van der Waals surface area (Å²) in [6, 6.07) is 11.0. The van der Waals surface area contributed by atoms with Gasteiger partial charge in [-0.05, 0) is 122 Å². The van der Waals surface area contributed by atoms with Gasteiger partial charge in [-0.1, -0.05) is 84.2 Å². The van der Waals surface area contributed by atoms with Crippen molar-refractivity contribution in [2.75, 3.05) is 0 Å². The van der Waals surface area contributed by atoms with E-state index in [0.29, 0.717) is 22.7 Å². The highest BCUT2D eigenvalue weighted by Gasteiger charge is 2.61. The van der Waals surface area contributed by atoms with Crippen LogP contribution in [0.25, 0.3) is 0 Å². The molecule has 5 rings (SSSR count). The Morgan fingerprint density at radius 1 is 0.800 bits per heavy atom. The molecule has 0 heterocycles. The summed E-state index contributed by atoms with van der Waals surface area (Å²) in [6.45, 7) is 12.7. The zero-order chi connectivity index (χ0) is 24.8.